The highest BCUT2D eigenvalue weighted by molar-refractivity contribution is 5.93. The molecule has 5 rings (SSSR count). The van der Waals surface area contributed by atoms with Crippen molar-refractivity contribution >= 4 is 11.4 Å². The average Bonchev–Trinajstić information content (AvgIpc) is 3.45. The second-order valence-electron chi connectivity index (χ2n) is 6.99. The Hall–Kier alpha value is -4.40. The molecule has 1 amide bonds. The van der Waals surface area contributed by atoms with Crippen LogP contribution in [0.5, 0.6) is 0 Å². The lowest BCUT2D eigenvalue weighted by atomic mass is 10.1. The molecule has 0 radical (unpaired) electrons. The fourth-order valence-electron chi connectivity index (χ4n) is 3.31. The van der Waals surface area contributed by atoms with Gasteiger partial charge in [-0.25, -0.2) is 14.6 Å². The molecular weight excluding hydrogens is 392 g/mol. The van der Waals surface area contributed by atoms with E-state index in [1.807, 2.05) is 41.8 Å². The Balaban J connectivity index is 1.45. The van der Waals surface area contributed by atoms with Crippen molar-refractivity contribution < 1.29 is 4.79 Å². The van der Waals surface area contributed by atoms with Gasteiger partial charge in [-0.05, 0) is 31.2 Å². The molecule has 0 bridgehead atoms. The van der Waals surface area contributed by atoms with Crippen molar-refractivity contribution in [1.82, 2.24) is 39.4 Å². The number of aromatic nitrogens is 7. The molecule has 0 unspecified atom stereocenters. The van der Waals surface area contributed by atoms with Crippen molar-refractivity contribution in [3.05, 3.63) is 90.9 Å². The van der Waals surface area contributed by atoms with Gasteiger partial charge in [-0.2, -0.15) is 5.10 Å². The number of nitrogens with one attached hydrogen (secondary N) is 1. The Morgan fingerprint density at radius 1 is 0.968 bits per heavy atom. The molecule has 0 atom stereocenters. The predicted molar refractivity (Wildman–Crippen MR) is 113 cm³/mol. The van der Waals surface area contributed by atoms with Crippen LogP contribution in [0.3, 0.4) is 0 Å². The summed E-state index contributed by atoms with van der Waals surface area (Å²) in [7, 11) is 0. The number of amides is 1. The minimum atomic E-state index is -0.248. The first-order valence-electron chi connectivity index (χ1n) is 9.66. The molecule has 0 fully saturated rings. The Labute approximate surface area is 177 Å². The molecule has 152 valence electrons. The molecule has 31 heavy (non-hydrogen) atoms. The molecule has 5 aromatic heterocycles. The lowest BCUT2D eigenvalue weighted by molar-refractivity contribution is 0.0942. The van der Waals surface area contributed by atoms with Gasteiger partial charge in [-0.1, -0.05) is 6.07 Å². The fourth-order valence-corrected chi connectivity index (χ4v) is 3.31. The topological polar surface area (TPSA) is 103 Å². The van der Waals surface area contributed by atoms with Crippen LogP contribution in [0.4, 0.5) is 0 Å². The van der Waals surface area contributed by atoms with Gasteiger partial charge in [-0.15, -0.1) is 0 Å². The summed E-state index contributed by atoms with van der Waals surface area (Å²) in [5.74, 6) is 0.501. The number of carbonyl (C=O) groups excluding carboxylic acids is 1. The van der Waals surface area contributed by atoms with Crippen LogP contribution in [0.15, 0.2) is 73.8 Å². The summed E-state index contributed by atoms with van der Waals surface area (Å²) in [5.41, 5.74) is 4.78. The highest BCUT2D eigenvalue weighted by atomic mass is 16.2. The van der Waals surface area contributed by atoms with Gasteiger partial charge in [-0.3, -0.25) is 14.8 Å². The van der Waals surface area contributed by atoms with Crippen LogP contribution in [0.2, 0.25) is 0 Å². The Morgan fingerprint density at radius 2 is 1.81 bits per heavy atom. The van der Waals surface area contributed by atoms with Gasteiger partial charge >= 0.3 is 0 Å². The summed E-state index contributed by atoms with van der Waals surface area (Å²) in [6.07, 6.45) is 11.9. The third-order valence-corrected chi connectivity index (χ3v) is 4.88. The number of pyridine rings is 1. The maximum absolute atomic E-state index is 12.8. The molecule has 0 spiro atoms. The van der Waals surface area contributed by atoms with Crippen LogP contribution < -0.4 is 5.32 Å². The van der Waals surface area contributed by atoms with E-state index in [1.54, 1.807) is 41.7 Å². The Kier molecular flexibility index (Phi) is 4.68. The molecule has 5 heterocycles. The average molecular weight is 410 g/mol. The first-order chi connectivity index (χ1) is 15.2. The number of hydrogen-bond donors (Lipinski definition) is 1. The van der Waals surface area contributed by atoms with Crippen molar-refractivity contribution in [3.63, 3.8) is 0 Å². The lowest BCUT2D eigenvalue weighted by Gasteiger charge is -2.10. The molecule has 0 aliphatic rings. The van der Waals surface area contributed by atoms with Gasteiger partial charge in [0.15, 0.2) is 0 Å². The van der Waals surface area contributed by atoms with Crippen molar-refractivity contribution in [1.29, 1.82) is 0 Å². The number of carbonyl (C=O) groups is 1. The van der Waals surface area contributed by atoms with Gasteiger partial charge in [0.05, 0.1) is 30.3 Å². The molecule has 9 nitrogen and oxygen atoms in total. The fraction of sp³-hybridized carbons (Fsp3) is 0.0909. The highest BCUT2D eigenvalue weighted by Crippen LogP contribution is 2.22. The molecule has 5 aromatic rings. The summed E-state index contributed by atoms with van der Waals surface area (Å²) in [4.78, 5) is 29.5. The van der Waals surface area contributed by atoms with Crippen molar-refractivity contribution in [2.75, 3.05) is 0 Å². The zero-order chi connectivity index (χ0) is 21.2. The first-order valence-corrected chi connectivity index (χ1v) is 9.66. The quantitative estimate of drug-likeness (QED) is 0.478. The summed E-state index contributed by atoms with van der Waals surface area (Å²) < 4.78 is 3.60. The predicted octanol–water partition coefficient (Wildman–Crippen LogP) is 2.61. The smallest absolute Gasteiger partial charge is 0.270 e. The minimum Gasteiger partial charge on any atom is -0.345 e. The van der Waals surface area contributed by atoms with Crippen LogP contribution in [0.1, 0.15) is 21.9 Å². The van der Waals surface area contributed by atoms with E-state index in [0.717, 1.165) is 28.2 Å². The molecule has 0 saturated heterocycles. The Morgan fingerprint density at radius 3 is 2.61 bits per heavy atom. The normalized spacial score (nSPS) is 11.0. The summed E-state index contributed by atoms with van der Waals surface area (Å²) in [6.45, 7) is 2.15. The zero-order valence-corrected chi connectivity index (χ0v) is 16.7. The molecule has 0 aliphatic heterocycles. The van der Waals surface area contributed by atoms with E-state index in [1.165, 1.54) is 6.33 Å². The van der Waals surface area contributed by atoms with Gasteiger partial charge in [0.25, 0.3) is 5.91 Å². The van der Waals surface area contributed by atoms with Gasteiger partial charge in [0.1, 0.15) is 17.8 Å². The number of aryl methyl sites for hydroxylation is 1. The molecule has 0 aliphatic carbocycles. The number of rotatable bonds is 5. The van der Waals surface area contributed by atoms with Crippen LogP contribution in [-0.4, -0.2) is 40.0 Å². The molecule has 0 saturated carbocycles. The van der Waals surface area contributed by atoms with Crippen LogP contribution in [0, 0.1) is 6.92 Å². The van der Waals surface area contributed by atoms with Crippen molar-refractivity contribution in [2.24, 2.45) is 0 Å². The van der Waals surface area contributed by atoms with Gasteiger partial charge in [0.2, 0.25) is 0 Å². The standard InChI is InChI=1S/C22H18N8O/c1-15-8-26-18(11-25-15)12-27-22(31)20-6-7-28-30(20)21-5-4-19-3-2-16(13-29(19)21)17-9-23-14-24-10-17/h2-11,13-14H,12H2,1H3,(H,27,31). The van der Waals surface area contributed by atoms with Crippen molar-refractivity contribution in [2.45, 2.75) is 13.5 Å². The molecule has 0 aromatic carbocycles. The third-order valence-electron chi connectivity index (χ3n) is 4.88. The van der Waals surface area contributed by atoms with Gasteiger partial charge < -0.3 is 9.72 Å². The van der Waals surface area contributed by atoms with Gasteiger partial charge in [0, 0.05) is 41.4 Å². The highest BCUT2D eigenvalue weighted by Gasteiger charge is 2.16. The van der Waals surface area contributed by atoms with E-state index in [0.29, 0.717) is 11.4 Å². The SMILES string of the molecule is Cc1cnc(CNC(=O)c2ccnn2-c2ccc3ccc(-c4cncnc4)cn23)cn1. The summed E-state index contributed by atoms with van der Waals surface area (Å²) >= 11 is 0. The summed E-state index contributed by atoms with van der Waals surface area (Å²) in [5, 5.41) is 7.26. The Bertz CT molecular complexity index is 1360. The summed E-state index contributed by atoms with van der Waals surface area (Å²) in [6, 6.07) is 9.61. The van der Waals surface area contributed by atoms with E-state index in [9.17, 15) is 4.79 Å². The van der Waals surface area contributed by atoms with Crippen LogP contribution >= 0.6 is 0 Å². The van der Waals surface area contributed by atoms with E-state index >= 15 is 0 Å². The van der Waals surface area contributed by atoms with E-state index in [4.69, 9.17) is 0 Å². The molecule has 9 heteroatoms. The first kappa shape index (κ1) is 18.6. The van der Waals surface area contributed by atoms with E-state index in [-0.39, 0.29) is 12.5 Å². The van der Waals surface area contributed by atoms with Crippen molar-refractivity contribution in [3.8, 4) is 16.9 Å². The number of hydrogen-bond acceptors (Lipinski definition) is 6. The van der Waals surface area contributed by atoms with E-state index in [2.05, 4.69) is 30.4 Å². The lowest BCUT2D eigenvalue weighted by Crippen LogP contribution is -2.26. The minimum absolute atomic E-state index is 0.248. The second-order valence-corrected chi connectivity index (χ2v) is 6.99. The monoisotopic (exact) mass is 410 g/mol. The van der Waals surface area contributed by atoms with E-state index < -0.39 is 0 Å². The number of fused-ring (bicyclic) bond motifs is 1. The maximum atomic E-state index is 12.8. The maximum Gasteiger partial charge on any atom is 0.270 e. The number of nitrogens with zero attached hydrogens (tertiary/aromatic N) is 7. The largest absolute Gasteiger partial charge is 0.345 e. The zero-order valence-electron chi connectivity index (χ0n) is 16.7. The molecular formula is C22H18N8O. The third kappa shape index (κ3) is 3.64. The van der Waals surface area contributed by atoms with Crippen LogP contribution in [0.25, 0.3) is 22.5 Å². The second kappa shape index (κ2) is 7.79. The van der Waals surface area contributed by atoms with Crippen LogP contribution in [-0.2, 0) is 6.54 Å². The molecule has 1 N–H and O–H groups in total.